The first-order chi connectivity index (χ1) is 9.31. The molecule has 0 amide bonds. The van der Waals surface area contributed by atoms with Crippen LogP contribution in [0.5, 0.6) is 0 Å². The molecule has 1 aromatic rings. The van der Waals surface area contributed by atoms with Gasteiger partial charge in [-0.2, -0.15) is 0 Å². The summed E-state index contributed by atoms with van der Waals surface area (Å²) in [4.78, 5) is 10.9. The van der Waals surface area contributed by atoms with Gasteiger partial charge in [0, 0.05) is 44.1 Å². The highest BCUT2D eigenvalue weighted by atomic mass is 16.5. The third-order valence-corrected chi connectivity index (χ3v) is 3.16. The van der Waals surface area contributed by atoms with E-state index in [0.29, 0.717) is 12.5 Å². The number of ether oxygens (including phenoxy) is 1. The number of nitrogens with zero attached hydrogens (tertiary/aromatic N) is 3. The van der Waals surface area contributed by atoms with Gasteiger partial charge in [0.25, 0.3) is 0 Å². The van der Waals surface area contributed by atoms with Gasteiger partial charge in [0.1, 0.15) is 0 Å². The topological polar surface area (TPSA) is 76.3 Å². The van der Waals surface area contributed by atoms with E-state index in [1.54, 1.807) is 0 Å². The highest BCUT2D eigenvalue weighted by molar-refractivity contribution is 5.24. The van der Waals surface area contributed by atoms with Crippen LogP contribution in [0.3, 0.4) is 0 Å². The molecule has 1 atom stereocenters. The Labute approximate surface area is 114 Å². The lowest BCUT2D eigenvalue weighted by Gasteiger charge is -2.32. The van der Waals surface area contributed by atoms with Crippen molar-refractivity contribution in [3.63, 3.8) is 0 Å². The van der Waals surface area contributed by atoms with Gasteiger partial charge in [-0.05, 0) is 19.9 Å². The lowest BCUT2D eigenvalue weighted by atomic mass is 10.2. The Balaban J connectivity index is 1.85. The van der Waals surface area contributed by atoms with Crippen molar-refractivity contribution in [2.75, 3.05) is 38.1 Å². The lowest BCUT2D eigenvalue weighted by molar-refractivity contribution is -0.0335. The minimum Gasteiger partial charge on any atom is -0.376 e. The van der Waals surface area contributed by atoms with E-state index in [4.69, 9.17) is 10.5 Å². The van der Waals surface area contributed by atoms with E-state index in [1.807, 2.05) is 19.3 Å². The van der Waals surface area contributed by atoms with Crippen molar-refractivity contribution in [1.82, 2.24) is 14.9 Å². The van der Waals surface area contributed by atoms with Crippen molar-refractivity contribution in [2.24, 2.45) is 5.73 Å². The van der Waals surface area contributed by atoms with Crippen LogP contribution in [-0.4, -0.2) is 53.8 Å². The molecule has 3 N–H and O–H groups in total. The highest BCUT2D eigenvalue weighted by Gasteiger charge is 2.19. The van der Waals surface area contributed by atoms with Crippen LogP contribution >= 0.6 is 0 Å². The van der Waals surface area contributed by atoms with Crippen molar-refractivity contribution in [3.05, 3.63) is 18.0 Å². The summed E-state index contributed by atoms with van der Waals surface area (Å²) in [6.07, 6.45) is 4.96. The molecular formula is C13H23N5O. The number of hydrogen-bond donors (Lipinski definition) is 2. The fourth-order valence-corrected chi connectivity index (χ4v) is 2.23. The van der Waals surface area contributed by atoms with Gasteiger partial charge in [0.05, 0.1) is 12.7 Å². The zero-order chi connectivity index (χ0) is 13.5. The van der Waals surface area contributed by atoms with E-state index >= 15 is 0 Å². The fourth-order valence-electron chi connectivity index (χ4n) is 2.23. The number of morpholine rings is 1. The van der Waals surface area contributed by atoms with Gasteiger partial charge in [-0.25, -0.2) is 9.97 Å². The first-order valence-corrected chi connectivity index (χ1v) is 6.90. The molecule has 1 aliphatic heterocycles. The number of nitrogens with two attached hydrogens (primary N) is 1. The molecule has 6 nitrogen and oxygen atoms in total. The standard InChI is InChI=1S/C13H23N5O/c1-2-15-13-16-7-11(8-17-13)9-18-5-6-19-12(10-18)3-4-14/h7-8,12H,2-6,9-10,14H2,1H3,(H,15,16,17). The van der Waals surface area contributed by atoms with Gasteiger partial charge in [0.15, 0.2) is 0 Å². The minimum absolute atomic E-state index is 0.265. The Bertz CT molecular complexity index is 368. The molecule has 0 saturated carbocycles. The van der Waals surface area contributed by atoms with Crippen LogP contribution in [0.25, 0.3) is 0 Å². The average molecular weight is 265 g/mol. The number of aromatic nitrogens is 2. The first kappa shape index (κ1) is 14.2. The molecule has 106 valence electrons. The monoisotopic (exact) mass is 265 g/mol. The van der Waals surface area contributed by atoms with E-state index in [0.717, 1.165) is 44.8 Å². The molecule has 2 rings (SSSR count). The van der Waals surface area contributed by atoms with E-state index in [-0.39, 0.29) is 6.10 Å². The third kappa shape index (κ3) is 4.41. The molecule has 6 heteroatoms. The third-order valence-electron chi connectivity index (χ3n) is 3.16. The van der Waals surface area contributed by atoms with Gasteiger partial charge in [-0.15, -0.1) is 0 Å². The molecule has 0 aromatic carbocycles. The maximum absolute atomic E-state index is 5.67. The molecule has 2 heterocycles. The van der Waals surface area contributed by atoms with Crippen molar-refractivity contribution in [3.8, 4) is 0 Å². The van der Waals surface area contributed by atoms with Crippen LogP contribution in [-0.2, 0) is 11.3 Å². The number of anilines is 1. The zero-order valence-corrected chi connectivity index (χ0v) is 11.5. The number of hydrogen-bond acceptors (Lipinski definition) is 6. The second-order valence-electron chi connectivity index (χ2n) is 4.75. The van der Waals surface area contributed by atoms with Crippen LogP contribution in [0.1, 0.15) is 18.9 Å². The van der Waals surface area contributed by atoms with Crippen LogP contribution in [0.15, 0.2) is 12.4 Å². The Morgan fingerprint density at radius 3 is 2.95 bits per heavy atom. The van der Waals surface area contributed by atoms with Crippen molar-refractivity contribution in [2.45, 2.75) is 26.0 Å². The van der Waals surface area contributed by atoms with Crippen LogP contribution in [0, 0.1) is 0 Å². The van der Waals surface area contributed by atoms with Crippen LogP contribution in [0.2, 0.25) is 0 Å². The summed E-state index contributed by atoms with van der Waals surface area (Å²) in [5, 5.41) is 3.09. The van der Waals surface area contributed by atoms with Crippen LogP contribution in [0.4, 0.5) is 5.95 Å². The highest BCUT2D eigenvalue weighted by Crippen LogP contribution is 2.11. The van der Waals surface area contributed by atoms with E-state index in [2.05, 4.69) is 20.2 Å². The molecular weight excluding hydrogens is 242 g/mol. The molecule has 0 aliphatic carbocycles. The second-order valence-corrected chi connectivity index (χ2v) is 4.75. The van der Waals surface area contributed by atoms with Gasteiger partial charge < -0.3 is 15.8 Å². The number of rotatable bonds is 6. The summed E-state index contributed by atoms with van der Waals surface area (Å²) in [7, 11) is 0. The maximum Gasteiger partial charge on any atom is 0.222 e. The summed E-state index contributed by atoms with van der Waals surface area (Å²) < 4.78 is 5.67. The molecule has 0 bridgehead atoms. The molecule has 1 unspecified atom stereocenters. The maximum atomic E-state index is 5.67. The summed E-state index contributed by atoms with van der Waals surface area (Å²) in [5.74, 6) is 0.689. The van der Waals surface area contributed by atoms with Gasteiger partial charge in [-0.1, -0.05) is 0 Å². The summed E-state index contributed by atoms with van der Waals surface area (Å²) in [5.41, 5.74) is 6.71. The molecule has 0 spiro atoms. The Morgan fingerprint density at radius 2 is 2.26 bits per heavy atom. The lowest BCUT2D eigenvalue weighted by Crippen LogP contribution is -2.42. The predicted octanol–water partition coefficient (Wildman–Crippen LogP) is 0.458. The molecule has 1 aliphatic rings. The van der Waals surface area contributed by atoms with Crippen LogP contribution < -0.4 is 11.1 Å². The fraction of sp³-hybridized carbons (Fsp3) is 0.692. The van der Waals surface area contributed by atoms with E-state index in [9.17, 15) is 0 Å². The molecule has 0 radical (unpaired) electrons. The van der Waals surface area contributed by atoms with E-state index in [1.165, 1.54) is 0 Å². The van der Waals surface area contributed by atoms with Gasteiger partial charge in [-0.3, -0.25) is 4.90 Å². The summed E-state index contributed by atoms with van der Waals surface area (Å²) in [6, 6.07) is 0. The minimum atomic E-state index is 0.265. The summed E-state index contributed by atoms with van der Waals surface area (Å²) in [6.45, 7) is 7.09. The molecule has 19 heavy (non-hydrogen) atoms. The Kier molecular flexibility index (Phi) is 5.50. The number of nitrogens with one attached hydrogen (secondary N) is 1. The molecule has 1 fully saturated rings. The largest absolute Gasteiger partial charge is 0.376 e. The predicted molar refractivity (Wildman–Crippen MR) is 74.9 cm³/mol. The Hall–Kier alpha value is -1.24. The van der Waals surface area contributed by atoms with Gasteiger partial charge in [0.2, 0.25) is 5.95 Å². The van der Waals surface area contributed by atoms with Crippen molar-refractivity contribution in [1.29, 1.82) is 0 Å². The smallest absolute Gasteiger partial charge is 0.222 e. The first-order valence-electron chi connectivity index (χ1n) is 6.90. The van der Waals surface area contributed by atoms with Gasteiger partial charge >= 0.3 is 0 Å². The van der Waals surface area contributed by atoms with E-state index < -0.39 is 0 Å². The van der Waals surface area contributed by atoms with Crippen molar-refractivity contribution >= 4 is 5.95 Å². The quantitative estimate of drug-likeness (QED) is 0.778. The normalized spacial score (nSPS) is 20.4. The average Bonchev–Trinajstić information content (AvgIpc) is 2.42. The molecule has 1 saturated heterocycles. The SMILES string of the molecule is CCNc1ncc(CN2CCOC(CCN)C2)cn1. The summed E-state index contributed by atoms with van der Waals surface area (Å²) >= 11 is 0. The van der Waals surface area contributed by atoms with Crippen molar-refractivity contribution < 1.29 is 4.74 Å². The Morgan fingerprint density at radius 1 is 1.47 bits per heavy atom. The zero-order valence-electron chi connectivity index (χ0n) is 11.5. The molecule has 1 aromatic heterocycles. The second kappa shape index (κ2) is 7.37.